The number of hydrogen-bond acceptors (Lipinski definition) is 3. The molecule has 0 fully saturated rings. The number of carbonyl (C=O) groups excluding carboxylic acids is 1. The number of rotatable bonds is 3. The van der Waals surface area contributed by atoms with Gasteiger partial charge in [-0.1, -0.05) is 0 Å². The predicted octanol–water partition coefficient (Wildman–Crippen LogP) is 1.91. The molecular formula is C9H15N3OS. The first-order valence-electron chi connectivity index (χ1n) is 4.54. The van der Waals surface area contributed by atoms with Crippen molar-refractivity contribution in [3.63, 3.8) is 0 Å². The highest BCUT2D eigenvalue weighted by atomic mass is 32.1. The molecule has 5 heteroatoms. The molecule has 2 amide bonds. The molecule has 4 nitrogen and oxygen atoms in total. The van der Waals surface area contributed by atoms with Crippen LogP contribution >= 0.6 is 11.3 Å². The van der Waals surface area contributed by atoms with E-state index < -0.39 is 0 Å². The van der Waals surface area contributed by atoms with Crippen LogP contribution in [0.1, 0.15) is 32.5 Å². The van der Waals surface area contributed by atoms with Gasteiger partial charge in [0, 0.05) is 11.4 Å². The van der Waals surface area contributed by atoms with Gasteiger partial charge in [0.15, 0.2) is 0 Å². The van der Waals surface area contributed by atoms with Crippen molar-refractivity contribution in [3.8, 4) is 0 Å². The lowest BCUT2D eigenvalue weighted by Gasteiger charge is -2.14. The lowest BCUT2D eigenvalue weighted by atomic mass is 10.3. The number of urea groups is 1. The summed E-state index contributed by atoms with van der Waals surface area (Å²) in [5, 5.41) is 7.50. The van der Waals surface area contributed by atoms with E-state index in [2.05, 4.69) is 15.6 Å². The van der Waals surface area contributed by atoms with Crippen molar-refractivity contribution in [2.24, 2.45) is 0 Å². The second-order valence-electron chi connectivity index (χ2n) is 3.41. The molecule has 0 aromatic carbocycles. The van der Waals surface area contributed by atoms with Gasteiger partial charge in [0.2, 0.25) is 0 Å². The van der Waals surface area contributed by atoms with Gasteiger partial charge in [-0.2, -0.15) is 0 Å². The van der Waals surface area contributed by atoms with Crippen LogP contribution in [0.15, 0.2) is 10.9 Å². The molecule has 0 aliphatic rings. The number of carbonyl (C=O) groups is 1. The van der Waals surface area contributed by atoms with Crippen LogP contribution in [-0.2, 0) is 0 Å². The van der Waals surface area contributed by atoms with E-state index in [9.17, 15) is 4.79 Å². The summed E-state index contributed by atoms with van der Waals surface area (Å²) in [4.78, 5) is 15.4. The Labute approximate surface area is 87.7 Å². The molecule has 0 radical (unpaired) electrons. The van der Waals surface area contributed by atoms with Gasteiger partial charge in [-0.25, -0.2) is 9.78 Å². The fraction of sp³-hybridized carbons (Fsp3) is 0.556. The summed E-state index contributed by atoms with van der Waals surface area (Å²) in [5.41, 5.74) is 2.65. The average Bonchev–Trinajstić information content (AvgIpc) is 2.53. The zero-order valence-corrected chi connectivity index (χ0v) is 9.39. The first-order chi connectivity index (χ1) is 6.59. The maximum atomic E-state index is 11.3. The molecule has 14 heavy (non-hydrogen) atoms. The molecule has 0 aliphatic heterocycles. The summed E-state index contributed by atoms with van der Waals surface area (Å²) in [6.07, 6.45) is 0. The van der Waals surface area contributed by atoms with Gasteiger partial charge >= 0.3 is 6.03 Å². The van der Waals surface area contributed by atoms with E-state index in [4.69, 9.17) is 0 Å². The van der Waals surface area contributed by atoms with Crippen LogP contribution in [0.5, 0.6) is 0 Å². The minimum absolute atomic E-state index is 0.0417. The fourth-order valence-electron chi connectivity index (χ4n) is 1.01. The molecule has 0 aliphatic carbocycles. The van der Waals surface area contributed by atoms with Crippen LogP contribution in [0.2, 0.25) is 0 Å². The highest BCUT2D eigenvalue weighted by Crippen LogP contribution is 2.11. The summed E-state index contributed by atoms with van der Waals surface area (Å²) in [6, 6.07) is -0.0434. The smallest absolute Gasteiger partial charge is 0.315 e. The highest BCUT2D eigenvalue weighted by molar-refractivity contribution is 7.07. The lowest BCUT2D eigenvalue weighted by Crippen LogP contribution is -2.40. The number of nitrogens with one attached hydrogen (secondary N) is 2. The van der Waals surface area contributed by atoms with E-state index in [1.54, 1.807) is 5.51 Å². The second kappa shape index (κ2) is 4.95. The summed E-state index contributed by atoms with van der Waals surface area (Å²) in [6.45, 7) is 5.76. The van der Waals surface area contributed by atoms with E-state index in [1.807, 2.05) is 26.2 Å². The predicted molar refractivity (Wildman–Crippen MR) is 57.3 cm³/mol. The van der Waals surface area contributed by atoms with Gasteiger partial charge in [-0.15, -0.1) is 11.3 Å². The molecular weight excluding hydrogens is 198 g/mol. The fourth-order valence-corrected chi connectivity index (χ4v) is 1.66. The Hall–Kier alpha value is -1.10. The molecule has 1 heterocycles. The lowest BCUT2D eigenvalue weighted by molar-refractivity contribution is 0.235. The first kappa shape index (κ1) is 11.0. The number of amides is 2. The SMILES string of the molecule is CC(C)NC(=O)NC(C)c1cscn1. The Kier molecular flexibility index (Phi) is 3.88. The Balaban J connectivity index is 2.41. The minimum Gasteiger partial charge on any atom is -0.336 e. The van der Waals surface area contributed by atoms with Crippen LogP contribution < -0.4 is 10.6 Å². The van der Waals surface area contributed by atoms with Crippen LogP contribution in [0.25, 0.3) is 0 Å². The third kappa shape index (κ3) is 3.33. The van der Waals surface area contributed by atoms with Crippen LogP contribution in [0.3, 0.4) is 0 Å². The van der Waals surface area contributed by atoms with E-state index in [-0.39, 0.29) is 18.1 Å². The van der Waals surface area contributed by atoms with Gasteiger partial charge in [0.25, 0.3) is 0 Å². The van der Waals surface area contributed by atoms with Crippen molar-refractivity contribution < 1.29 is 4.79 Å². The monoisotopic (exact) mass is 213 g/mol. The van der Waals surface area contributed by atoms with E-state index in [1.165, 1.54) is 11.3 Å². The number of hydrogen-bond donors (Lipinski definition) is 2. The zero-order chi connectivity index (χ0) is 10.6. The van der Waals surface area contributed by atoms with Crippen LogP contribution in [0.4, 0.5) is 4.79 Å². The van der Waals surface area contributed by atoms with Crippen molar-refractivity contribution in [3.05, 3.63) is 16.6 Å². The van der Waals surface area contributed by atoms with Crippen molar-refractivity contribution in [2.45, 2.75) is 32.9 Å². The van der Waals surface area contributed by atoms with Crippen molar-refractivity contribution >= 4 is 17.4 Å². The molecule has 78 valence electrons. The molecule has 0 bridgehead atoms. The minimum atomic E-state index is -0.152. The van der Waals surface area contributed by atoms with Gasteiger partial charge in [-0.3, -0.25) is 0 Å². The molecule has 1 aromatic rings. The third-order valence-corrected chi connectivity index (χ3v) is 2.27. The summed E-state index contributed by atoms with van der Waals surface area (Å²) >= 11 is 1.53. The molecule has 1 atom stereocenters. The Morgan fingerprint density at radius 3 is 2.64 bits per heavy atom. The largest absolute Gasteiger partial charge is 0.336 e. The Morgan fingerprint density at radius 1 is 1.43 bits per heavy atom. The van der Waals surface area contributed by atoms with E-state index in [0.29, 0.717) is 0 Å². The Bertz CT molecular complexity index is 284. The third-order valence-electron chi connectivity index (χ3n) is 1.66. The van der Waals surface area contributed by atoms with Crippen molar-refractivity contribution in [1.82, 2.24) is 15.6 Å². The van der Waals surface area contributed by atoms with Crippen molar-refractivity contribution in [2.75, 3.05) is 0 Å². The van der Waals surface area contributed by atoms with Gasteiger partial charge in [0.05, 0.1) is 17.2 Å². The number of thiazole rings is 1. The second-order valence-corrected chi connectivity index (χ2v) is 4.13. The van der Waals surface area contributed by atoms with Gasteiger partial charge in [0.1, 0.15) is 0 Å². The van der Waals surface area contributed by atoms with E-state index in [0.717, 1.165) is 5.69 Å². The topological polar surface area (TPSA) is 54.0 Å². The molecule has 0 saturated heterocycles. The average molecular weight is 213 g/mol. The normalized spacial score (nSPS) is 12.6. The molecule has 0 saturated carbocycles. The summed E-state index contributed by atoms with van der Waals surface area (Å²) < 4.78 is 0. The maximum Gasteiger partial charge on any atom is 0.315 e. The summed E-state index contributed by atoms with van der Waals surface area (Å²) in [5.74, 6) is 0. The van der Waals surface area contributed by atoms with Gasteiger partial charge in [-0.05, 0) is 20.8 Å². The Morgan fingerprint density at radius 2 is 2.14 bits per heavy atom. The highest BCUT2D eigenvalue weighted by Gasteiger charge is 2.10. The zero-order valence-electron chi connectivity index (χ0n) is 8.57. The van der Waals surface area contributed by atoms with Crippen LogP contribution in [-0.4, -0.2) is 17.1 Å². The number of aromatic nitrogens is 1. The molecule has 0 spiro atoms. The van der Waals surface area contributed by atoms with E-state index >= 15 is 0 Å². The molecule has 1 aromatic heterocycles. The number of nitrogens with zero attached hydrogens (tertiary/aromatic N) is 1. The summed E-state index contributed by atoms with van der Waals surface area (Å²) in [7, 11) is 0. The van der Waals surface area contributed by atoms with Crippen molar-refractivity contribution in [1.29, 1.82) is 0 Å². The van der Waals surface area contributed by atoms with Gasteiger partial charge < -0.3 is 10.6 Å². The molecule has 1 rings (SSSR count). The maximum absolute atomic E-state index is 11.3. The molecule has 2 N–H and O–H groups in total. The standard InChI is InChI=1S/C9H15N3OS/c1-6(2)11-9(13)12-7(3)8-4-14-5-10-8/h4-7H,1-3H3,(H2,11,12,13). The van der Waals surface area contributed by atoms with Crippen LogP contribution in [0, 0.1) is 0 Å². The quantitative estimate of drug-likeness (QED) is 0.806. The first-order valence-corrected chi connectivity index (χ1v) is 5.49. The molecule has 1 unspecified atom stereocenters.